The lowest BCUT2D eigenvalue weighted by molar-refractivity contribution is -0.120. The van der Waals surface area contributed by atoms with Crippen molar-refractivity contribution in [2.75, 3.05) is 18.4 Å². The minimum Gasteiger partial charge on any atom is -0.325 e. The second-order valence-electron chi connectivity index (χ2n) is 8.82. The quantitative estimate of drug-likeness (QED) is 0.460. The van der Waals surface area contributed by atoms with Gasteiger partial charge in [-0.15, -0.1) is 0 Å². The summed E-state index contributed by atoms with van der Waals surface area (Å²) in [5, 5.41) is 3.27. The molecule has 1 aliphatic rings. The van der Waals surface area contributed by atoms with Crippen LogP contribution < -0.4 is 5.32 Å². The van der Waals surface area contributed by atoms with Crippen molar-refractivity contribution in [2.24, 2.45) is 5.92 Å². The molecule has 35 heavy (non-hydrogen) atoms. The molecule has 0 aliphatic carbocycles. The monoisotopic (exact) mass is 510 g/mol. The lowest BCUT2D eigenvalue weighted by atomic mass is 9.96. The average molecular weight is 511 g/mol. The van der Waals surface area contributed by atoms with Crippen LogP contribution in [0.1, 0.15) is 39.9 Å². The van der Waals surface area contributed by atoms with Crippen LogP contribution in [0.5, 0.6) is 0 Å². The summed E-state index contributed by atoms with van der Waals surface area (Å²) in [5.74, 6) is -0.841. The molecule has 1 N–H and O–H groups in total. The van der Waals surface area contributed by atoms with Gasteiger partial charge in [0.05, 0.1) is 10.6 Å². The Bertz CT molecular complexity index is 1370. The maximum Gasteiger partial charge on any atom is 0.243 e. The van der Waals surface area contributed by atoms with Gasteiger partial charge >= 0.3 is 0 Å². The van der Waals surface area contributed by atoms with Crippen LogP contribution in [-0.2, 0) is 14.8 Å². The van der Waals surface area contributed by atoms with E-state index in [0.717, 1.165) is 5.56 Å². The van der Waals surface area contributed by atoms with Gasteiger partial charge in [-0.3, -0.25) is 9.59 Å². The van der Waals surface area contributed by atoms with Crippen LogP contribution in [0, 0.1) is 19.8 Å². The van der Waals surface area contributed by atoms with E-state index in [-0.39, 0.29) is 30.7 Å². The molecular formula is C27H27ClN2O4S. The van der Waals surface area contributed by atoms with Crippen molar-refractivity contribution in [3.05, 3.63) is 94.0 Å². The Labute approximate surface area is 211 Å². The lowest BCUT2D eigenvalue weighted by Crippen LogP contribution is -2.41. The fourth-order valence-corrected chi connectivity index (χ4v) is 6.23. The first-order valence-corrected chi connectivity index (χ1v) is 13.3. The molecule has 0 aromatic heterocycles. The van der Waals surface area contributed by atoms with Crippen molar-refractivity contribution in [1.82, 2.24) is 4.31 Å². The number of amides is 1. The van der Waals surface area contributed by atoms with E-state index < -0.39 is 10.0 Å². The predicted molar refractivity (Wildman–Crippen MR) is 137 cm³/mol. The molecule has 1 amide bonds. The Morgan fingerprint density at radius 3 is 2.31 bits per heavy atom. The number of nitrogens with zero attached hydrogens (tertiary/aromatic N) is 1. The molecule has 0 unspecified atom stereocenters. The number of ketones is 1. The van der Waals surface area contributed by atoms with E-state index in [4.69, 9.17) is 11.6 Å². The SMILES string of the molecule is Cc1ccc(C)c(S(=O)(=O)N2CCC(C(=O)Nc3ccc(Cl)cc3C(=O)c3ccccc3)CC2)c1. The van der Waals surface area contributed by atoms with Crippen molar-refractivity contribution in [2.45, 2.75) is 31.6 Å². The summed E-state index contributed by atoms with van der Waals surface area (Å²) in [6, 6.07) is 19.0. The van der Waals surface area contributed by atoms with E-state index in [0.29, 0.717) is 45.1 Å². The Hall–Kier alpha value is -3.00. The van der Waals surface area contributed by atoms with Gasteiger partial charge in [-0.2, -0.15) is 4.31 Å². The molecule has 6 nitrogen and oxygen atoms in total. The standard InChI is InChI=1S/C27H27ClN2O4S/c1-18-8-9-19(2)25(16-18)35(33,34)30-14-12-21(13-15-30)27(32)29-24-11-10-22(28)17-23(24)26(31)20-6-4-3-5-7-20/h3-11,16-17,21H,12-15H2,1-2H3,(H,29,32). The largest absolute Gasteiger partial charge is 0.325 e. The van der Waals surface area contributed by atoms with Gasteiger partial charge in [0.2, 0.25) is 15.9 Å². The number of halogens is 1. The van der Waals surface area contributed by atoms with E-state index in [1.807, 2.05) is 25.1 Å². The van der Waals surface area contributed by atoms with E-state index in [2.05, 4.69) is 5.32 Å². The molecule has 1 fully saturated rings. The predicted octanol–water partition coefficient (Wildman–Crippen LogP) is 5.23. The van der Waals surface area contributed by atoms with Crippen molar-refractivity contribution in [1.29, 1.82) is 0 Å². The highest BCUT2D eigenvalue weighted by Crippen LogP contribution is 2.29. The number of aryl methyl sites for hydroxylation is 2. The molecule has 1 heterocycles. The second kappa shape index (κ2) is 10.3. The number of benzene rings is 3. The number of sulfonamides is 1. The normalized spacial score (nSPS) is 15.1. The zero-order chi connectivity index (χ0) is 25.2. The highest BCUT2D eigenvalue weighted by atomic mass is 35.5. The number of anilines is 1. The molecule has 0 bridgehead atoms. The van der Waals surface area contributed by atoms with E-state index in [9.17, 15) is 18.0 Å². The average Bonchev–Trinajstić information content (AvgIpc) is 2.86. The highest BCUT2D eigenvalue weighted by Gasteiger charge is 2.33. The molecule has 0 saturated carbocycles. The summed E-state index contributed by atoms with van der Waals surface area (Å²) in [4.78, 5) is 26.4. The maximum atomic E-state index is 13.2. The first-order valence-electron chi connectivity index (χ1n) is 11.4. The van der Waals surface area contributed by atoms with Crippen molar-refractivity contribution in [3.8, 4) is 0 Å². The van der Waals surface area contributed by atoms with Crippen LogP contribution >= 0.6 is 11.6 Å². The third-order valence-corrected chi connectivity index (χ3v) is 8.58. The van der Waals surface area contributed by atoms with Gasteiger partial charge in [0.15, 0.2) is 5.78 Å². The minimum absolute atomic E-state index is 0.238. The molecule has 182 valence electrons. The summed E-state index contributed by atoms with van der Waals surface area (Å²) in [5.41, 5.74) is 2.78. The third kappa shape index (κ3) is 5.48. The summed E-state index contributed by atoms with van der Waals surface area (Å²) in [6.07, 6.45) is 0.789. The summed E-state index contributed by atoms with van der Waals surface area (Å²) < 4.78 is 27.8. The van der Waals surface area contributed by atoms with Crippen LogP contribution in [0.2, 0.25) is 5.02 Å². The van der Waals surface area contributed by atoms with Gasteiger partial charge in [0.1, 0.15) is 0 Å². The minimum atomic E-state index is -3.63. The first kappa shape index (κ1) is 25.1. The highest BCUT2D eigenvalue weighted by molar-refractivity contribution is 7.89. The van der Waals surface area contributed by atoms with Gasteiger partial charge in [-0.25, -0.2) is 8.42 Å². The fraction of sp³-hybridized carbons (Fsp3) is 0.259. The second-order valence-corrected chi connectivity index (χ2v) is 11.2. The molecule has 1 saturated heterocycles. The Balaban J connectivity index is 1.47. The first-order chi connectivity index (χ1) is 16.7. The van der Waals surface area contributed by atoms with Crippen LogP contribution in [0.15, 0.2) is 71.6 Å². The van der Waals surface area contributed by atoms with Gasteiger partial charge in [-0.05, 0) is 62.1 Å². The van der Waals surface area contributed by atoms with Crippen LogP contribution in [-0.4, -0.2) is 37.5 Å². The summed E-state index contributed by atoms with van der Waals surface area (Å²) >= 11 is 6.14. The number of nitrogens with one attached hydrogen (secondary N) is 1. The maximum absolute atomic E-state index is 13.2. The lowest BCUT2D eigenvalue weighted by Gasteiger charge is -2.31. The molecule has 0 atom stereocenters. The van der Waals surface area contributed by atoms with Crippen LogP contribution in [0.4, 0.5) is 5.69 Å². The van der Waals surface area contributed by atoms with Crippen molar-refractivity contribution >= 4 is 39.0 Å². The summed E-state index contributed by atoms with van der Waals surface area (Å²) in [7, 11) is -3.63. The number of piperidine rings is 1. The van der Waals surface area contributed by atoms with E-state index in [1.165, 1.54) is 4.31 Å². The smallest absolute Gasteiger partial charge is 0.243 e. The van der Waals surface area contributed by atoms with Crippen LogP contribution in [0.25, 0.3) is 0 Å². The number of hydrogen-bond acceptors (Lipinski definition) is 4. The number of rotatable bonds is 6. The number of carbonyl (C=O) groups excluding carboxylic acids is 2. The molecule has 1 aliphatic heterocycles. The van der Waals surface area contributed by atoms with Gasteiger partial charge in [0, 0.05) is 35.2 Å². The van der Waals surface area contributed by atoms with Crippen molar-refractivity contribution in [3.63, 3.8) is 0 Å². The number of hydrogen-bond donors (Lipinski definition) is 1. The Kier molecular flexibility index (Phi) is 7.40. The van der Waals surface area contributed by atoms with Gasteiger partial charge in [-0.1, -0.05) is 54.1 Å². The zero-order valence-electron chi connectivity index (χ0n) is 19.6. The molecule has 3 aromatic carbocycles. The van der Waals surface area contributed by atoms with Crippen LogP contribution in [0.3, 0.4) is 0 Å². The summed E-state index contributed by atoms with van der Waals surface area (Å²) in [6.45, 7) is 4.16. The number of carbonyl (C=O) groups is 2. The molecule has 4 rings (SSSR count). The van der Waals surface area contributed by atoms with Crippen molar-refractivity contribution < 1.29 is 18.0 Å². The Morgan fingerprint density at radius 2 is 1.63 bits per heavy atom. The Morgan fingerprint density at radius 1 is 0.943 bits per heavy atom. The van der Waals surface area contributed by atoms with E-state index >= 15 is 0 Å². The molecule has 3 aromatic rings. The molecule has 0 radical (unpaired) electrons. The molecule has 8 heteroatoms. The molecule has 0 spiro atoms. The van der Waals surface area contributed by atoms with Gasteiger partial charge < -0.3 is 5.32 Å². The third-order valence-electron chi connectivity index (χ3n) is 6.31. The fourth-order valence-electron chi connectivity index (χ4n) is 4.28. The molecular weight excluding hydrogens is 484 g/mol. The topological polar surface area (TPSA) is 83.6 Å². The van der Waals surface area contributed by atoms with Gasteiger partial charge in [0.25, 0.3) is 0 Å². The zero-order valence-corrected chi connectivity index (χ0v) is 21.2. The van der Waals surface area contributed by atoms with E-state index in [1.54, 1.807) is 55.5 Å².